The molecule has 0 radical (unpaired) electrons. The van der Waals surface area contributed by atoms with Crippen molar-refractivity contribution >= 4 is 30.4 Å². The summed E-state index contributed by atoms with van der Waals surface area (Å²) < 4.78 is 101. The van der Waals surface area contributed by atoms with Crippen molar-refractivity contribution in [3.05, 3.63) is 41.5 Å². The van der Waals surface area contributed by atoms with Crippen molar-refractivity contribution in [2.75, 3.05) is 0 Å². The molecule has 13 heteroatoms. The number of aryl methyl sites for hydroxylation is 2. The Labute approximate surface area is 155 Å². The molecule has 27 heavy (non-hydrogen) atoms. The highest BCUT2D eigenvalue weighted by molar-refractivity contribution is 7.86. The summed E-state index contributed by atoms with van der Waals surface area (Å²) in [4.78, 5) is -2.07. The van der Waals surface area contributed by atoms with E-state index in [4.69, 9.17) is 13.8 Å². The third-order valence-corrected chi connectivity index (χ3v) is 6.18. The molecule has 2 rings (SSSR count). The molecule has 0 aliphatic rings. The maximum absolute atomic E-state index is 11.6. The van der Waals surface area contributed by atoms with Gasteiger partial charge in [-0.2, -0.15) is 25.3 Å². The van der Waals surface area contributed by atoms with Gasteiger partial charge in [-0.15, -0.1) is 0 Å². The fraction of sp³-hybridized carbons (Fsp3) is 0.143. The van der Waals surface area contributed by atoms with E-state index in [1.807, 2.05) is 0 Å². The summed E-state index contributed by atoms with van der Waals surface area (Å²) >= 11 is 0. The zero-order valence-electron chi connectivity index (χ0n) is 13.8. The average molecular weight is 438 g/mol. The Morgan fingerprint density at radius 2 is 1.22 bits per heavy atom. The van der Waals surface area contributed by atoms with Crippen LogP contribution in [0, 0.1) is 13.8 Å². The van der Waals surface area contributed by atoms with Crippen molar-refractivity contribution in [2.24, 2.45) is 0 Å². The Hall–Kier alpha value is -2.03. The fourth-order valence-electron chi connectivity index (χ4n) is 2.22. The third kappa shape index (κ3) is 4.82. The van der Waals surface area contributed by atoms with Crippen LogP contribution < -0.4 is 4.74 Å². The molecule has 2 aromatic rings. The minimum absolute atomic E-state index is 0.0219. The average Bonchev–Trinajstić information content (AvgIpc) is 2.45. The van der Waals surface area contributed by atoms with Gasteiger partial charge in [-0.3, -0.25) is 13.7 Å². The first-order valence-corrected chi connectivity index (χ1v) is 11.3. The molecule has 0 aromatic heterocycles. The van der Waals surface area contributed by atoms with E-state index in [1.54, 1.807) is 0 Å². The van der Waals surface area contributed by atoms with E-state index >= 15 is 0 Å². The monoisotopic (exact) mass is 438 g/mol. The molecule has 0 saturated carbocycles. The zero-order valence-corrected chi connectivity index (χ0v) is 16.3. The summed E-state index contributed by atoms with van der Waals surface area (Å²) in [5.41, 5.74) is 0.134. The minimum Gasteiger partial charge on any atom is -0.456 e. The van der Waals surface area contributed by atoms with Crippen LogP contribution in [0.5, 0.6) is 11.5 Å². The Bertz CT molecular complexity index is 1230. The molecule has 3 N–H and O–H groups in total. The van der Waals surface area contributed by atoms with Crippen LogP contribution in [0.25, 0.3) is 0 Å². The summed E-state index contributed by atoms with van der Waals surface area (Å²) in [7, 11) is -14.2. The normalized spacial score (nSPS) is 12.8. The molecule has 0 heterocycles. The van der Waals surface area contributed by atoms with Gasteiger partial charge in [0.15, 0.2) is 0 Å². The molecule has 0 unspecified atom stereocenters. The Morgan fingerprint density at radius 3 is 1.67 bits per heavy atom. The van der Waals surface area contributed by atoms with Crippen molar-refractivity contribution in [1.82, 2.24) is 0 Å². The molecule has 0 aliphatic heterocycles. The summed E-state index contributed by atoms with van der Waals surface area (Å²) in [6.45, 7) is 2.68. The topological polar surface area (TPSA) is 172 Å². The lowest BCUT2D eigenvalue weighted by Crippen LogP contribution is -2.07. The maximum atomic E-state index is 11.6. The first-order chi connectivity index (χ1) is 12.1. The van der Waals surface area contributed by atoms with E-state index in [0.29, 0.717) is 6.07 Å². The van der Waals surface area contributed by atoms with Crippen molar-refractivity contribution in [3.63, 3.8) is 0 Å². The molecule has 0 aliphatic carbocycles. The Kier molecular flexibility index (Phi) is 5.40. The predicted octanol–water partition coefficient (Wildman–Crippen LogP) is 1.84. The molecule has 0 bridgehead atoms. The second-order valence-electron chi connectivity index (χ2n) is 5.52. The van der Waals surface area contributed by atoms with Gasteiger partial charge in [-0.1, -0.05) is 0 Å². The summed E-state index contributed by atoms with van der Waals surface area (Å²) in [5, 5.41) is 0. The van der Waals surface area contributed by atoms with Crippen LogP contribution in [-0.2, 0) is 30.4 Å². The van der Waals surface area contributed by atoms with Gasteiger partial charge < -0.3 is 4.74 Å². The Morgan fingerprint density at radius 1 is 0.667 bits per heavy atom. The number of benzene rings is 2. The van der Waals surface area contributed by atoms with Crippen LogP contribution in [0.15, 0.2) is 45.0 Å². The summed E-state index contributed by atoms with van der Waals surface area (Å²) in [5.74, 6) is -0.476. The number of ether oxygens (including phenoxy) is 1. The van der Waals surface area contributed by atoms with Gasteiger partial charge in [0.05, 0.1) is 9.79 Å². The molecule has 0 spiro atoms. The quantitative estimate of drug-likeness (QED) is 0.585. The van der Waals surface area contributed by atoms with Crippen molar-refractivity contribution in [3.8, 4) is 11.5 Å². The molecular weight excluding hydrogens is 424 g/mol. The predicted molar refractivity (Wildman–Crippen MR) is 91.9 cm³/mol. The molecule has 10 nitrogen and oxygen atoms in total. The molecule has 0 atom stereocenters. The smallest absolute Gasteiger partial charge is 0.298 e. The van der Waals surface area contributed by atoms with E-state index in [9.17, 15) is 29.8 Å². The van der Waals surface area contributed by atoms with E-state index in [0.717, 1.165) is 24.3 Å². The number of hydrogen-bond acceptors (Lipinski definition) is 7. The lowest BCUT2D eigenvalue weighted by molar-refractivity contribution is 0.445. The number of hydrogen-bond donors (Lipinski definition) is 3. The van der Waals surface area contributed by atoms with Crippen LogP contribution >= 0.6 is 0 Å². The van der Waals surface area contributed by atoms with Crippen LogP contribution in [0.1, 0.15) is 11.1 Å². The molecule has 0 amide bonds. The van der Waals surface area contributed by atoms with Crippen LogP contribution in [0.4, 0.5) is 0 Å². The van der Waals surface area contributed by atoms with Gasteiger partial charge in [0.2, 0.25) is 0 Å². The van der Waals surface area contributed by atoms with Crippen molar-refractivity contribution in [2.45, 2.75) is 28.5 Å². The second-order valence-corrected chi connectivity index (χ2v) is 9.72. The Balaban J connectivity index is 2.65. The summed E-state index contributed by atoms with van der Waals surface area (Å²) in [6.07, 6.45) is 0. The molecular formula is C14H14O10S3. The minimum atomic E-state index is -4.93. The van der Waals surface area contributed by atoms with E-state index in [1.165, 1.54) is 13.8 Å². The fourth-order valence-corrected chi connectivity index (χ4v) is 4.21. The van der Waals surface area contributed by atoms with E-state index < -0.39 is 50.8 Å². The van der Waals surface area contributed by atoms with E-state index in [2.05, 4.69) is 0 Å². The van der Waals surface area contributed by atoms with Crippen LogP contribution in [0.3, 0.4) is 0 Å². The maximum Gasteiger partial charge on any atom is 0.298 e. The van der Waals surface area contributed by atoms with Crippen molar-refractivity contribution < 1.29 is 43.6 Å². The first kappa shape index (κ1) is 21.3. The third-order valence-electron chi connectivity index (χ3n) is 3.46. The molecule has 0 saturated heterocycles. The molecule has 0 fully saturated rings. The first-order valence-electron chi connectivity index (χ1n) is 6.96. The van der Waals surface area contributed by atoms with Gasteiger partial charge in [0.1, 0.15) is 16.4 Å². The lowest BCUT2D eigenvalue weighted by atomic mass is 10.2. The summed E-state index contributed by atoms with van der Waals surface area (Å²) in [6, 6.07) is 4.72. The second kappa shape index (κ2) is 6.85. The van der Waals surface area contributed by atoms with Crippen molar-refractivity contribution in [1.29, 1.82) is 0 Å². The van der Waals surface area contributed by atoms with Crippen LogP contribution in [0.2, 0.25) is 0 Å². The lowest BCUT2D eigenvalue weighted by Gasteiger charge is -2.14. The molecule has 148 valence electrons. The van der Waals surface area contributed by atoms with Gasteiger partial charge >= 0.3 is 0 Å². The van der Waals surface area contributed by atoms with Gasteiger partial charge in [0, 0.05) is 0 Å². The van der Waals surface area contributed by atoms with Gasteiger partial charge in [-0.05, 0) is 55.3 Å². The largest absolute Gasteiger partial charge is 0.456 e. The zero-order chi connectivity index (χ0) is 20.8. The highest BCUT2D eigenvalue weighted by Crippen LogP contribution is 2.35. The van der Waals surface area contributed by atoms with Crippen LogP contribution in [-0.4, -0.2) is 38.9 Å². The highest BCUT2D eigenvalue weighted by Gasteiger charge is 2.25. The van der Waals surface area contributed by atoms with E-state index in [-0.39, 0.29) is 16.9 Å². The van der Waals surface area contributed by atoms with Gasteiger partial charge in [-0.25, -0.2) is 0 Å². The standard InChI is InChI=1S/C14H14O10S3/c1-8-5-10(25(15,16)17)3-4-11(8)24-12-6-9(2)13(26(18,19)20)7-14(12)27(21,22)23/h3-7H,1-2H3,(H,15,16,17)(H,18,19,20)(H,21,22,23). The highest BCUT2D eigenvalue weighted by atomic mass is 32.2. The van der Waals surface area contributed by atoms with Gasteiger partial charge in [0.25, 0.3) is 30.4 Å². The SMILES string of the molecule is Cc1cc(S(=O)(=O)O)ccc1Oc1cc(C)c(S(=O)(=O)O)cc1S(=O)(=O)O. The number of rotatable bonds is 5. The molecule has 2 aromatic carbocycles.